The Balaban J connectivity index is 3.27. The van der Waals surface area contributed by atoms with Crippen LogP contribution in [-0.2, 0) is 0 Å². The largest absolute Gasteiger partial charge is 0.284 e. The molecule has 0 radical (unpaired) electrons. The first-order chi connectivity index (χ1) is 5.66. The first kappa shape index (κ1) is 9.54. The molecule has 0 N–H and O–H groups in total. The Hall–Kier alpha value is -0.550. The number of halogens is 1. The zero-order chi connectivity index (χ0) is 9.14. The Morgan fingerprint density at radius 3 is 2.67 bits per heavy atom. The van der Waals surface area contributed by atoms with E-state index in [2.05, 4.69) is 15.9 Å². The van der Waals surface area contributed by atoms with Gasteiger partial charge < -0.3 is 0 Å². The molecule has 0 saturated heterocycles. The molecule has 0 aliphatic carbocycles. The molecule has 12 heavy (non-hydrogen) atoms. The number of hydrogen-bond donors (Lipinski definition) is 0. The maximum absolute atomic E-state index is 10.5. The summed E-state index contributed by atoms with van der Waals surface area (Å²) in [4.78, 5) is 10.8. The van der Waals surface area contributed by atoms with Gasteiger partial charge in [0.25, 0.3) is 5.69 Å². The fraction of sp³-hybridized carbons (Fsp3) is 0.143. The number of nitro benzene ring substituents is 1. The molecule has 64 valence electrons. The standard InChI is InChI=1S/C7H6BrNO2S/c1-12-7-5(8)3-2-4-6(7)9(10)11/h2-4H,1H3. The van der Waals surface area contributed by atoms with Gasteiger partial charge in [0.15, 0.2) is 0 Å². The summed E-state index contributed by atoms with van der Waals surface area (Å²) in [7, 11) is 0. The van der Waals surface area contributed by atoms with Crippen LogP contribution in [0.2, 0.25) is 0 Å². The van der Waals surface area contributed by atoms with Crippen LogP contribution in [0.3, 0.4) is 0 Å². The Labute approximate surface area is 82.4 Å². The summed E-state index contributed by atoms with van der Waals surface area (Å²) < 4.78 is 0.768. The van der Waals surface area contributed by atoms with Gasteiger partial charge in [-0.3, -0.25) is 10.1 Å². The van der Waals surface area contributed by atoms with Crippen LogP contribution in [0.1, 0.15) is 0 Å². The number of hydrogen-bond acceptors (Lipinski definition) is 3. The van der Waals surface area contributed by atoms with E-state index in [0.29, 0.717) is 4.90 Å². The molecule has 0 unspecified atom stereocenters. The zero-order valence-electron chi connectivity index (χ0n) is 6.28. The molecule has 0 fully saturated rings. The number of nitrogens with zero attached hydrogens (tertiary/aromatic N) is 1. The molecule has 0 saturated carbocycles. The lowest BCUT2D eigenvalue weighted by atomic mass is 10.3. The summed E-state index contributed by atoms with van der Waals surface area (Å²) in [5, 5.41) is 10.5. The number of rotatable bonds is 2. The monoisotopic (exact) mass is 247 g/mol. The van der Waals surface area contributed by atoms with Gasteiger partial charge in [-0.25, -0.2) is 0 Å². The van der Waals surface area contributed by atoms with E-state index < -0.39 is 0 Å². The van der Waals surface area contributed by atoms with Gasteiger partial charge in [0.1, 0.15) is 0 Å². The molecular weight excluding hydrogens is 242 g/mol. The third-order valence-corrected chi connectivity index (χ3v) is 3.11. The maximum Gasteiger partial charge on any atom is 0.284 e. The van der Waals surface area contributed by atoms with Crippen LogP contribution in [0, 0.1) is 10.1 Å². The minimum Gasteiger partial charge on any atom is -0.258 e. The van der Waals surface area contributed by atoms with Crippen LogP contribution < -0.4 is 0 Å². The van der Waals surface area contributed by atoms with Crippen molar-refractivity contribution in [2.45, 2.75) is 4.90 Å². The lowest BCUT2D eigenvalue weighted by Crippen LogP contribution is -1.90. The smallest absolute Gasteiger partial charge is 0.258 e. The van der Waals surface area contributed by atoms with Crippen molar-refractivity contribution < 1.29 is 4.92 Å². The van der Waals surface area contributed by atoms with Gasteiger partial charge in [-0.2, -0.15) is 0 Å². The minimum atomic E-state index is -0.378. The molecule has 1 rings (SSSR count). The second kappa shape index (κ2) is 3.91. The first-order valence-electron chi connectivity index (χ1n) is 3.13. The van der Waals surface area contributed by atoms with E-state index in [1.54, 1.807) is 12.1 Å². The van der Waals surface area contributed by atoms with Crippen LogP contribution in [0.4, 0.5) is 5.69 Å². The summed E-state index contributed by atoms with van der Waals surface area (Å²) in [5.41, 5.74) is 0.150. The summed E-state index contributed by atoms with van der Waals surface area (Å²) in [6.07, 6.45) is 1.81. The quantitative estimate of drug-likeness (QED) is 0.459. The Morgan fingerprint density at radius 1 is 1.58 bits per heavy atom. The lowest BCUT2D eigenvalue weighted by molar-refractivity contribution is -0.387. The molecule has 0 aliphatic heterocycles. The highest BCUT2D eigenvalue weighted by molar-refractivity contribution is 9.10. The van der Waals surface area contributed by atoms with Crippen molar-refractivity contribution in [1.82, 2.24) is 0 Å². The molecular formula is C7H6BrNO2S. The molecule has 0 spiro atoms. The molecule has 5 heteroatoms. The third kappa shape index (κ3) is 1.78. The van der Waals surface area contributed by atoms with Gasteiger partial charge in [-0.05, 0) is 28.3 Å². The van der Waals surface area contributed by atoms with Crippen LogP contribution in [0.15, 0.2) is 27.6 Å². The summed E-state index contributed by atoms with van der Waals surface area (Å²) in [6.45, 7) is 0. The molecule has 0 bridgehead atoms. The second-order valence-electron chi connectivity index (χ2n) is 2.05. The number of thioether (sulfide) groups is 1. The van der Waals surface area contributed by atoms with E-state index in [4.69, 9.17) is 0 Å². The van der Waals surface area contributed by atoms with Crippen molar-refractivity contribution in [3.05, 3.63) is 32.8 Å². The predicted octanol–water partition coefficient (Wildman–Crippen LogP) is 3.08. The van der Waals surface area contributed by atoms with Gasteiger partial charge in [-0.1, -0.05) is 6.07 Å². The summed E-state index contributed by atoms with van der Waals surface area (Å²) >= 11 is 4.61. The Kier molecular flexibility index (Phi) is 3.11. The van der Waals surface area contributed by atoms with Crippen molar-refractivity contribution in [2.75, 3.05) is 6.26 Å². The molecule has 0 atom stereocenters. The first-order valence-corrected chi connectivity index (χ1v) is 5.15. The topological polar surface area (TPSA) is 43.1 Å². The molecule has 1 aromatic carbocycles. The van der Waals surface area contributed by atoms with Crippen LogP contribution >= 0.6 is 27.7 Å². The average Bonchev–Trinajstić information content (AvgIpc) is 2.03. The third-order valence-electron chi connectivity index (χ3n) is 1.35. The van der Waals surface area contributed by atoms with E-state index in [9.17, 15) is 10.1 Å². The maximum atomic E-state index is 10.5. The van der Waals surface area contributed by atoms with Crippen LogP contribution in [-0.4, -0.2) is 11.2 Å². The average molecular weight is 248 g/mol. The minimum absolute atomic E-state index is 0.150. The van der Waals surface area contributed by atoms with E-state index in [1.807, 2.05) is 6.26 Å². The highest BCUT2D eigenvalue weighted by atomic mass is 79.9. The van der Waals surface area contributed by atoms with E-state index in [0.717, 1.165) is 4.47 Å². The number of nitro groups is 1. The SMILES string of the molecule is CSc1c(Br)cccc1[N+](=O)[O-]. The van der Waals surface area contributed by atoms with E-state index in [-0.39, 0.29) is 10.6 Å². The molecule has 1 aromatic rings. The van der Waals surface area contributed by atoms with Gasteiger partial charge in [0.05, 0.1) is 9.82 Å². The van der Waals surface area contributed by atoms with Crippen LogP contribution in [0.5, 0.6) is 0 Å². The number of benzene rings is 1. The fourth-order valence-corrected chi connectivity index (χ4v) is 2.30. The van der Waals surface area contributed by atoms with Gasteiger partial charge in [-0.15, -0.1) is 11.8 Å². The molecule has 0 aromatic heterocycles. The molecule has 0 heterocycles. The van der Waals surface area contributed by atoms with Crippen molar-refractivity contribution in [3.8, 4) is 0 Å². The normalized spacial score (nSPS) is 9.83. The van der Waals surface area contributed by atoms with Gasteiger partial charge in [0, 0.05) is 10.5 Å². The van der Waals surface area contributed by atoms with Crippen molar-refractivity contribution in [1.29, 1.82) is 0 Å². The van der Waals surface area contributed by atoms with E-state index >= 15 is 0 Å². The Bertz CT molecular complexity index is 316. The molecule has 0 aliphatic rings. The molecule has 3 nitrogen and oxygen atoms in total. The van der Waals surface area contributed by atoms with Gasteiger partial charge in [0.2, 0.25) is 0 Å². The van der Waals surface area contributed by atoms with E-state index in [1.165, 1.54) is 17.8 Å². The van der Waals surface area contributed by atoms with Gasteiger partial charge >= 0.3 is 0 Å². The van der Waals surface area contributed by atoms with Crippen molar-refractivity contribution in [3.63, 3.8) is 0 Å². The second-order valence-corrected chi connectivity index (χ2v) is 3.72. The zero-order valence-corrected chi connectivity index (χ0v) is 8.68. The highest BCUT2D eigenvalue weighted by Gasteiger charge is 2.14. The summed E-state index contributed by atoms with van der Waals surface area (Å²) in [5.74, 6) is 0. The Morgan fingerprint density at radius 2 is 2.25 bits per heavy atom. The molecule has 0 amide bonds. The van der Waals surface area contributed by atoms with Crippen molar-refractivity contribution >= 4 is 33.4 Å². The highest BCUT2D eigenvalue weighted by Crippen LogP contribution is 2.33. The van der Waals surface area contributed by atoms with Crippen LogP contribution in [0.25, 0.3) is 0 Å². The predicted molar refractivity (Wildman–Crippen MR) is 52.6 cm³/mol. The summed E-state index contributed by atoms with van der Waals surface area (Å²) in [6, 6.07) is 4.94. The fourth-order valence-electron chi connectivity index (χ4n) is 0.843. The lowest BCUT2D eigenvalue weighted by Gasteiger charge is -2.00. The van der Waals surface area contributed by atoms with Crippen molar-refractivity contribution in [2.24, 2.45) is 0 Å².